The van der Waals surface area contributed by atoms with Gasteiger partial charge in [-0.2, -0.15) is 0 Å². The highest BCUT2D eigenvalue weighted by atomic mass is 32.2. The van der Waals surface area contributed by atoms with Gasteiger partial charge < -0.3 is 9.84 Å². The Bertz CT molecular complexity index is 1450. The molecule has 7 aliphatic rings. The molecule has 7 heteroatoms. The summed E-state index contributed by atoms with van der Waals surface area (Å²) in [6.07, 6.45) is 13.6. The highest BCUT2D eigenvalue weighted by Crippen LogP contribution is 2.87. The van der Waals surface area contributed by atoms with Gasteiger partial charge in [0.05, 0.1) is 23.6 Å². The number of piperidine rings is 1. The van der Waals surface area contributed by atoms with Crippen molar-refractivity contribution < 1.29 is 18.3 Å². The number of benzene rings is 1. The first-order chi connectivity index (χ1) is 21.4. The topological polar surface area (TPSA) is 78.9 Å². The van der Waals surface area contributed by atoms with E-state index >= 15 is 0 Å². The number of fused-ring (bicyclic) bond motifs is 6. The van der Waals surface area contributed by atoms with Crippen molar-refractivity contribution >= 4 is 10.0 Å². The van der Waals surface area contributed by atoms with Crippen LogP contribution in [0.5, 0.6) is 0 Å². The lowest BCUT2D eigenvalue weighted by Gasteiger charge is -2.50. The number of aliphatic hydroxyl groups is 1. The molecule has 248 valence electrons. The Morgan fingerprint density at radius 1 is 1.09 bits per heavy atom. The third kappa shape index (κ3) is 4.56. The first-order valence-electron chi connectivity index (χ1n) is 18.2. The number of nitrogens with zero attached hydrogens (tertiary/aromatic N) is 1. The molecule has 8 rings (SSSR count). The summed E-state index contributed by atoms with van der Waals surface area (Å²) < 4.78 is 36.2. The van der Waals surface area contributed by atoms with Crippen LogP contribution >= 0.6 is 0 Å². The van der Waals surface area contributed by atoms with Gasteiger partial charge in [-0.25, -0.2) is 13.1 Å². The van der Waals surface area contributed by atoms with Crippen molar-refractivity contribution in [1.29, 1.82) is 0 Å². The van der Waals surface area contributed by atoms with Gasteiger partial charge in [-0.05, 0) is 104 Å². The summed E-state index contributed by atoms with van der Waals surface area (Å²) in [5.74, 6) is 3.45. The summed E-state index contributed by atoms with van der Waals surface area (Å²) >= 11 is 0. The van der Waals surface area contributed by atoms with Gasteiger partial charge in [0.1, 0.15) is 0 Å². The van der Waals surface area contributed by atoms with Crippen LogP contribution in [0.3, 0.4) is 0 Å². The van der Waals surface area contributed by atoms with Crippen molar-refractivity contribution in [3.05, 3.63) is 47.5 Å². The second-order valence-electron chi connectivity index (χ2n) is 17.2. The third-order valence-electron chi connectivity index (χ3n) is 15.2. The standard InChI is InChI=1S/C38H56N2O4S/c1-25-20-33-34(40(23-25)18-17-39-45(42,43)19-14-27-8-6-5-7-9-27)26(2)38(44-33)16-13-31-30-11-10-28-21-29(41)12-15-35(28,3)32(30)22-37(31)24-36(37,38)4/h5-10,25-26,29-34,39,41H,11-24H2,1-4H3/t25-,26+,29-,30-,31-,32-,33+,34-,35-,36?,37?,38?/m0/s1. The van der Waals surface area contributed by atoms with Crippen LogP contribution in [0, 0.1) is 45.8 Å². The number of likely N-dealkylation sites (tertiary alicyclic amines) is 1. The van der Waals surface area contributed by atoms with Gasteiger partial charge in [-0.15, -0.1) is 0 Å². The van der Waals surface area contributed by atoms with E-state index in [9.17, 15) is 13.5 Å². The fraction of sp³-hybridized carbons (Fsp3) is 0.789. The highest BCUT2D eigenvalue weighted by molar-refractivity contribution is 7.89. The molecule has 6 fully saturated rings. The van der Waals surface area contributed by atoms with Gasteiger partial charge in [-0.3, -0.25) is 4.90 Å². The Balaban J connectivity index is 0.975. The predicted octanol–water partition coefficient (Wildman–Crippen LogP) is 5.96. The molecular weight excluding hydrogens is 580 g/mol. The molecule has 1 aromatic rings. The van der Waals surface area contributed by atoms with E-state index in [1.807, 2.05) is 30.3 Å². The van der Waals surface area contributed by atoms with Crippen LogP contribution in [0.1, 0.15) is 91.0 Å². The number of hydrogen-bond donors (Lipinski definition) is 2. The Kier molecular flexibility index (Phi) is 7.33. The summed E-state index contributed by atoms with van der Waals surface area (Å²) in [6, 6.07) is 10.2. The number of ether oxygens (including phenoxy) is 1. The SMILES string of the molecule is C[C@H]1C[C@H]2OC3(CC[C@H]4[C@@H]5CC=C6C[C@@H](O)CC[C@]6(C)[C@H]5CC45CC53C)[C@H](C)[C@@H]2N(CCNS(=O)(=O)CCc2ccccc2)C1. The van der Waals surface area contributed by atoms with Gasteiger partial charge in [0.2, 0.25) is 10.0 Å². The predicted molar refractivity (Wildman–Crippen MR) is 178 cm³/mol. The summed E-state index contributed by atoms with van der Waals surface area (Å²) in [6.45, 7) is 12.2. The summed E-state index contributed by atoms with van der Waals surface area (Å²) in [5.41, 5.74) is 3.42. The zero-order chi connectivity index (χ0) is 31.4. The number of nitrogens with one attached hydrogen (secondary N) is 1. The molecule has 2 saturated heterocycles. The molecule has 0 aromatic heterocycles. The van der Waals surface area contributed by atoms with E-state index in [0.717, 1.165) is 62.1 Å². The monoisotopic (exact) mass is 636 g/mol. The maximum Gasteiger partial charge on any atom is 0.211 e. The van der Waals surface area contributed by atoms with Gasteiger partial charge in [-0.1, -0.05) is 69.7 Å². The smallest absolute Gasteiger partial charge is 0.211 e. The fourth-order valence-corrected chi connectivity index (χ4v) is 14.1. The maximum atomic E-state index is 12.9. The largest absolute Gasteiger partial charge is 0.393 e. The van der Waals surface area contributed by atoms with Crippen LogP contribution in [0.15, 0.2) is 42.0 Å². The van der Waals surface area contributed by atoms with E-state index in [1.165, 1.54) is 32.1 Å². The Hall–Kier alpha value is -1.25. The average Bonchev–Trinajstić information content (AvgIpc) is 3.35. The van der Waals surface area contributed by atoms with Crippen molar-refractivity contribution in [3.8, 4) is 0 Å². The number of sulfonamides is 1. The van der Waals surface area contributed by atoms with Crippen LogP contribution in [0.4, 0.5) is 0 Å². The van der Waals surface area contributed by atoms with E-state index < -0.39 is 10.0 Å². The minimum absolute atomic E-state index is 0.0796. The van der Waals surface area contributed by atoms with E-state index in [2.05, 4.69) is 43.4 Å². The molecule has 1 aromatic carbocycles. The Morgan fingerprint density at radius 2 is 1.89 bits per heavy atom. The Labute approximate surface area is 271 Å². The molecule has 0 bridgehead atoms. The first kappa shape index (κ1) is 31.0. The zero-order valence-electron chi connectivity index (χ0n) is 28.0. The number of aryl methyl sites for hydroxylation is 1. The lowest BCUT2D eigenvalue weighted by molar-refractivity contribution is -0.148. The van der Waals surface area contributed by atoms with Crippen molar-refractivity contribution in [2.75, 3.05) is 25.4 Å². The molecular formula is C38H56N2O4S. The van der Waals surface area contributed by atoms with E-state index in [-0.39, 0.29) is 34.4 Å². The molecule has 4 saturated carbocycles. The van der Waals surface area contributed by atoms with E-state index in [1.54, 1.807) is 5.57 Å². The summed E-state index contributed by atoms with van der Waals surface area (Å²) in [5, 5.41) is 10.5. The van der Waals surface area contributed by atoms with Gasteiger partial charge in [0.15, 0.2) is 0 Å². The van der Waals surface area contributed by atoms with Crippen molar-refractivity contribution in [2.24, 2.45) is 45.8 Å². The quantitative estimate of drug-likeness (QED) is 0.362. The average molecular weight is 637 g/mol. The molecule has 0 radical (unpaired) electrons. The van der Waals surface area contributed by atoms with Crippen LogP contribution < -0.4 is 4.72 Å². The fourth-order valence-electron chi connectivity index (χ4n) is 13.0. The zero-order valence-corrected chi connectivity index (χ0v) is 28.8. The van der Waals surface area contributed by atoms with Crippen molar-refractivity contribution in [3.63, 3.8) is 0 Å². The molecule has 5 aliphatic carbocycles. The van der Waals surface area contributed by atoms with Crippen LogP contribution in [-0.4, -0.2) is 67.7 Å². The van der Waals surface area contributed by atoms with Crippen LogP contribution in [0.2, 0.25) is 0 Å². The minimum Gasteiger partial charge on any atom is -0.393 e. The molecule has 3 unspecified atom stereocenters. The van der Waals surface area contributed by atoms with E-state index in [0.29, 0.717) is 36.3 Å². The van der Waals surface area contributed by atoms with Crippen LogP contribution in [0.25, 0.3) is 0 Å². The number of allylic oxidation sites excluding steroid dienone is 1. The molecule has 2 spiro atoms. The van der Waals surface area contributed by atoms with Gasteiger partial charge >= 0.3 is 0 Å². The summed E-state index contributed by atoms with van der Waals surface area (Å²) in [4.78, 5) is 2.60. The van der Waals surface area contributed by atoms with Gasteiger partial charge in [0.25, 0.3) is 0 Å². The molecule has 0 amide bonds. The third-order valence-corrected chi connectivity index (χ3v) is 16.6. The van der Waals surface area contributed by atoms with Crippen LogP contribution in [-0.2, 0) is 21.2 Å². The van der Waals surface area contributed by atoms with Crippen molar-refractivity contribution in [2.45, 2.75) is 116 Å². The molecule has 6 nitrogen and oxygen atoms in total. The lowest BCUT2D eigenvalue weighted by atomic mass is 9.56. The molecule has 45 heavy (non-hydrogen) atoms. The molecule has 12 atom stereocenters. The van der Waals surface area contributed by atoms with Crippen molar-refractivity contribution in [1.82, 2.24) is 9.62 Å². The number of rotatable bonds is 7. The van der Waals surface area contributed by atoms with Gasteiger partial charge in [0, 0.05) is 37.0 Å². The highest BCUT2D eigenvalue weighted by Gasteiger charge is 2.84. The minimum atomic E-state index is -3.33. The molecule has 2 heterocycles. The first-order valence-corrected chi connectivity index (χ1v) is 19.9. The second kappa shape index (κ2) is 10.6. The summed E-state index contributed by atoms with van der Waals surface area (Å²) in [7, 11) is -3.33. The second-order valence-corrected chi connectivity index (χ2v) is 19.1. The van der Waals surface area contributed by atoms with E-state index in [4.69, 9.17) is 4.74 Å². The Morgan fingerprint density at radius 3 is 2.69 bits per heavy atom. The molecule has 2 aliphatic heterocycles. The maximum absolute atomic E-state index is 12.9. The lowest BCUT2D eigenvalue weighted by Crippen LogP contribution is -2.55. The number of hydrogen-bond acceptors (Lipinski definition) is 5. The normalized spacial score (nSPS) is 48.6. The number of aliphatic hydroxyl groups excluding tert-OH is 1. The molecule has 2 N–H and O–H groups in total.